The molecule has 4 heteroatoms. The highest BCUT2D eigenvalue weighted by Crippen LogP contribution is 2.23. The van der Waals surface area contributed by atoms with Gasteiger partial charge in [0.2, 0.25) is 5.91 Å². The Kier molecular flexibility index (Phi) is 4.64. The summed E-state index contributed by atoms with van der Waals surface area (Å²) in [5, 5.41) is 8.99. The molecule has 1 fully saturated rings. The summed E-state index contributed by atoms with van der Waals surface area (Å²) >= 11 is 0. The standard InChI is InChI=1S/C17H23N3O/c1-17(2,13-18)9-16(21)20-11-15(12-20)19(3)10-14-7-5-4-6-8-14/h4-8,15H,9-12H2,1-3H3. The van der Waals surface area contributed by atoms with E-state index in [2.05, 4.69) is 30.1 Å². The van der Waals surface area contributed by atoms with Crippen LogP contribution in [-0.2, 0) is 11.3 Å². The van der Waals surface area contributed by atoms with E-state index in [1.807, 2.05) is 36.9 Å². The van der Waals surface area contributed by atoms with Crippen LogP contribution in [0.1, 0.15) is 25.8 Å². The number of amides is 1. The molecule has 4 nitrogen and oxygen atoms in total. The molecular formula is C17H23N3O. The minimum atomic E-state index is -0.571. The van der Waals surface area contributed by atoms with Crippen molar-refractivity contribution < 1.29 is 4.79 Å². The quantitative estimate of drug-likeness (QED) is 0.834. The Hall–Kier alpha value is -1.86. The minimum Gasteiger partial charge on any atom is -0.339 e. The lowest BCUT2D eigenvalue weighted by molar-refractivity contribution is -0.139. The second-order valence-corrected chi connectivity index (χ2v) is 6.53. The molecule has 0 saturated carbocycles. The summed E-state index contributed by atoms with van der Waals surface area (Å²) in [7, 11) is 2.10. The summed E-state index contributed by atoms with van der Waals surface area (Å²) in [5.41, 5.74) is 0.716. The number of hydrogen-bond donors (Lipinski definition) is 0. The molecule has 0 N–H and O–H groups in total. The maximum atomic E-state index is 12.1. The maximum absolute atomic E-state index is 12.1. The lowest BCUT2D eigenvalue weighted by atomic mass is 9.90. The summed E-state index contributed by atoms with van der Waals surface area (Å²) in [6.45, 7) is 6.05. The number of hydrogen-bond acceptors (Lipinski definition) is 3. The zero-order chi connectivity index (χ0) is 15.5. The van der Waals surface area contributed by atoms with Crippen molar-refractivity contribution in [2.45, 2.75) is 32.9 Å². The van der Waals surface area contributed by atoms with Gasteiger partial charge in [0.1, 0.15) is 0 Å². The first-order valence-corrected chi connectivity index (χ1v) is 7.34. The van der Waals surface area contributed by atoms with E-state index < -0.39 is 5.41 Å². The van der Waals surface area contributed by atoms with Crippen LogP contribution in [0.25, 0.3) is 0 Å². The first-order valence-electron chi connectivity index (χ1n) is 7.34. The lowest BCUT2D eigenvalue weighted by Crippen LogP contribution is -2.60. The number of rotatable bonds is 5. The Labute approximate surface area is 127 Å². The number of carbonyl (C=O) groups is 1. The molecule has 21 heavy (non-hydrogen) atoms. The molecule has 1 aliphatic heterocycles. The summed E-state index contributed by atoms with van der Waals surface area (Å²) in [5.74, 6) is 0.0888. The molecule has 0 aromatic heterocycles. The van der Waals surface area contributed by atoms with Crippen molar-refractivity contribution in [1.29, 1.82) is 5.26 Å². The Morgan fingerprint density at radius 2 is 2.00 bits per heavy atom. The summed E-state index contributed by atoms with van der Waals surface area (Å²) in [4.78, 5) is 16.2. The van der Waals surface area contributed by atoms with Crippen LogP contribution >= 0.6 is 0 Å². The highest BCUT2D eigenvalue weighted by Gasteiger charge is 2.35. The van der Waals surface area contributed by atoms with Gasteiger partial charge in [-0.1, -0.05) is 30.3 Å². The smallest absolute Gasteiger partial charge is 0.224 e. The number of likely N-dealkylation sites (tertiary alicyclic amines) is 1. The van der Waals surface area contributed by atoms with Crippen molar-refractivity contribution in [3.05, 3.63) is 35.9 Å². The molecule has 0 unspecified atom stereocenters. The van der Waals surface area contributed by atoms with Gasteiger partial charge in [0.25, 0.3) is 0 Å². The molecular weight excluding hydrogens is 262 g/mol. The molecule has 1 heterocycles. The number of nitriles is 1. The lowest BCUT2D eigenvalue weighted by Gasteiger charge is -2.44. The summed E-state index contributed by atoms with van der Waals surface area (Å²) in [6, 6.07) is 12.9. The zero-order valence-electron chi connectivity index (χ0n) is 13.0. The summed E-state index contributed by atoms with van der Waals surface area (Å²) < 4.78 is 0. The Balaban J connectivity index is 1.78. The molecule has 0 bridgehead atoms. The maximum Gasteiger partial charge on any atom is 0.224 e. The van der Waals surface area contributed by atoms with Crippen molar-refractivity contribution in [2.75, 3.05) is 20.1 Å². The predicted octanol–water partition coefficient (Wildman–Crippen LogP) is 2.27. The number of benzene rings is 1. The topological polar surface area (TPSA) is 47.3 Å². The van der Waals surface area contributed by atoms with Crippen LogP contribution in [0, 0.1) is 16.7 Å². The molecule has 0 atom stereocenters. The van der Waals surface area contributed by atoms with Crippen molar-refractivity contribution in [2.24, 2.45) is 5.41 Å². The van der Waals surface area contributed by atoms with E-state index in [1.54, 1.807) is 0 Å². The minimum absolute atomic E-state index is 0.0888. The van der Waals surface area contributed by atoms with Crippen LogP contribution < -0.4 is 0 Å². The average molecular weight is 285 g/mol. The zero-order valence-corrected chi connectivity index (χ0v) is 13.0. The molecule has 1 aliphatic rings. The molecule has 0 aliphatic carbocycles. The Bertz CT molecular complexity index is 527. The van der Waals surface area contributed by atoms with E-state index >= 15 is 0 Å². The van der Waals surface area contributed by atoms with Crippen molar-refractivity contribution in [3.63, 3.8) is 0 Å². The average Bonchev–Trinajstić information content (AvgIpc) is 2.37. The van der Waals surface area contributed by atoms with E-state index in [-0.39, 0.29) is 5.91 Å². The normalized spacial score (nSPS) is 15.7. The van der Waals surface area contributed by atoms with E-state index in [4.69, 9.17) is 5.26 Å². The fraction of sp³-hybridized carbons (Fsp3) is 0.529. The van der Waals surface area contributed by atoms with Crippen LogP contribution in [-0.4, -0.2) is 41.9 Å². The Morgan fingerprint density at radius 1 is 1.38 bits per heavy atom. The van der Waals surface area contributed by atoms with Gasteiger partial charge in [0.05, 0.1) is 11.5 Å². The van der Waals surface area contributed by atoms with Gasteiger partial charge in [-0.25, -0.2) is 0 Å². The van der Waals surface area contributed by atoms with Crippen LogP contribution in [0.4, 0.5) is 0 Å². The van der Waals surface area contributed by atoms with Crippen LogP contribution in [0.3, 0.4) is 0 Å². The van der Waals surface area contributed by atoms with Crippen LogP contribution in [0.15, 0.2) is 30.3 Å². The largest absolute Gasteiger partial charge is 0.339 e. The van der Waals surface area contributed by atoms with Crippen molar-refractivity contribution in [1.82, 2.24) is 9.80 Å². The molecule has 1 aromatic rings. The SMILES string of the molecule is CN(Cc1ccccc1)C1CN(C(=O)CC(C)(C)C#N)C1. The predicted molar refractivity (Wildman–Crippen MR) is 82.3 cm³/mol. The van der Waals surface area contributed by atoms with E-state index in [1.165, 1.54) is 5.56 Å². The Morgan fingerprint density at radius 3 is 2.57 bits per heavy atom. The molecule has 112 valence electrons. The van der Waals surface area contributed by atoms with Crippen LogP contribution in [0.2, 0.25) is 0 Å². The summed E-state index contributed by atoms with van der Waals surface area (Å²) in [6.07, 6.45) is 0.304. The van der Waals surface area contributed by atoms with Gasteiger partial charge in [-0.2, -0.15) is 5.26 Å². The second kappa shape index (κ2) is 6.28. The number of nitrogens with zero attached hydrogens (tertiary/aromatic N) is 3. The number of likely N-dealkylation sites (N-methyl/N-ethyl adjacent to an activating group) is 1. The van der Waals surface area contributed by atoms with Gasteiger partial charge in [0, 0.05) is 32.1 Å². The van der Waals surface area contributed by atoms with Crippen molar-refractivity contribution >= 4 is 5.91 Å². The van der Waals surface area contributed by atoms with Gasteiger partial charge < -0.3 is 4.90 Å². The van der Waals surface area contributed by atoms with E-state index in [0.29, 0.717) is 12.5 Å². The third-order valence-corrected chi connectivity index (χ3v) is 4.01. The van der Waals surface area contributed by atoms with E-state index in [0.717, 1.165) is 19.6 Å². The third kappa shape index (κ3) is 4.05. The molecule has 0 spiro atoms. The molecule has 1 amide bonds. The van der Waals surface area contributed by atoms with Crippen LogP contribution in [0.5, 0.6) is 0 Å². The molecule has 2 rings (SSSR count). The van der Waals surface area contributed by atoms with Gasteiger partial charge in [-0.3, -0.25) is 9.69 Å². The van der Waals surface area contributed by atoms with Gasteiger partial charge in [-0.15, -0.1) is 0 Å². The van der Waals surface area contributed by atoms with Gasteiger partial charge in [-0.05, 0) is 26.5 Å². The molecule has 1 saturated heterocycles. The van der Waals surface area contributed by atoms with E-state index in [9.17, 15) is 4.79 Å². The fourth-order valence-electron chi connectivity index (χ4n) is 2.47. The molecule has 0 radical (unpaired) electrons. The second-order valence-electron chi connectivity index (χ2n) is 6.53. The van der Waals surface area contributed by atoms with Gasteiger partial charge >= 0.3 is 0 Å². The highest BCUT2D eigenvalue weighted by molar-refractivity contribution is 5.78. The fourth-order valence-corrected chi connectivity index (χ4v) is 2.47. The third-order valence-electron chi connectivity index (χ3n) is 4.01. The van der Waals surface area contributed by atoms with Crippen molar-refractivity contribution in [3.8, 4) is 6.07 Å². The van der Waals surface area contributed by atoms with Gasteiger partial charge in [0.15, 0.2) is 0 Å². The first-order chi connectivity index (χ1) is 9.91. The molecule has 1 aromatic carbocycles. The number of carbonyl (C=O) groups excluding carboxylic acids is 1. The monoisotopic (exact) mass is 285 g/mol. The first kappa shape index (κ1) is 15.5. The highest BCUT2D eigenvalue weighted by atomic mass is 16.2.